The van der Waals surface area contributed by atoms with E-state index >= 15 is 0 Å². The number of nitrogens with one attached hydrogen (secondary N) is 2. The van der Waals surface area contributed by atoms with Crippen LogP contribution in [0.25, 0.3) is 0 Å². The van der Waals surface area contributed by atoms with Crippen LogP contribution in [0.5, 0.6) is 0 Å². The highest BCUT2D eigenvalue weighted by atomic mass is 32.1. The van der Waals surface area contributed by atoms with E-state index in [1.54, 1.807) is 4.90 Å². The first kappa shape index (κ1) is 19.5. The first-order valence-electron chi connectivity index (χ1n) is 9.20. The van der Waals surface area contributed by atoms with E-state index in [0.29, 0.717) is 24.2 Å². The number of thiocarbonyl (C=S) groups is 1. The molecule has 0 unspecified atom stereocenters. The summed E-state index contributed by atoms with van der Waals surface area (Å²) in [6.07, 6.45) is 6.93. The molecule has 0 amide bonds. The molecule has 1 fully saturated rings. The first-order valence-corrected chi connectivity index (χ1v) is 9.61. The van der Waals surface area contributed by atoms with Gasteiger partial charge in [-0.05, 0) is 37.9 Å². The van der Waals surface area contributed by atoms with Crippen molar-refractivity contribution in [1.82, 2.24) is 14.9 Å². The second-order valence-corrected chi connectivity index (χ2v) is 6.97. The molecule has 140 valence electrons. The Balaban J connectivity index is 2.37. The predicted molar refractivity (Wildman–Crippen MR) is 106 cm³/mol. The summed E-state index contributed by atoms with van der Waals surface area (Å²) in [7, 11) is 0. The van der Waals surface area contributed by atoms with Crippen LogP contribution in [0.1, 0.15) is 58.8 Å². The Bertz CT molecular complexity index is 708. The van der Waals surface area contributed by atoms with Gasteiger partial charge in [-0.3, -0.25) is 14.3 Å². The smallest absolute Gasteiger partial charge is 0.330 e. The van der Waals surface area contributed by atoms with Gasteiger partial charge in [0.15, 0.2) is 10.8 Å². The third-order valence-corrected chi connectivity index (χ3v) is 4.69. The third-order valence-electron chi connectivity index (χ3n) is 4.35. The van der Waals surface area contributed by atoms with Crippen molar-refractivity contribution in [3.8, 4) is 0 Å². The molecular formula is C17H29N5O2S. The fourth-order valence-corrected chi connectivity index (χ4v) is 3.04. The molecule has 0 aliphatic heterocycles. The predicted octanol–water partition coefficient (Wildman–Crippen LogP) is 1.95. The Morgan fingerprint density at radius 2 is 1.96 bits per heavy atom. The highest BCUT2D eigenvalue weighted by Crippen LogP contribution is 2.22. The van der Waals surface area contributed by atoms with Crippen LogP contribution in [-0.4, -0.2) is 27.3 Å². The highest BCUT2D eigenvalue weighted by Gasteiger charge is 2.27. The zero-order valence-electron chi connectivity index (χ0n) is 15.1. The van der Waals surface area contributed by atoms with Crippen LogP contribution in [0.15, 0.2) is 9.59 Å². The van der Waals surface area contributed by atoms with Crippen molar-refractivity contribution in [1.29, 1.82) is 0 Å². The van der Waals surface area contributed by atoms with E-state index in [2.05, 4.69) is 17.2 Å². The SMILES string of the molecule is CCCCCN(C(=S)NC1CC1)c1c(N)n(CCCC)c(=O)[nH]c1=O. The molecule has 1 aromatic heterocycles. The van der Waals surface area contributed by atoms with Crippen molar-refractivity contribution in [3.63, 3.8) is 0 Å². The first-order chi connectivity index (χ1) is 12.0. The molecule has 2 rings (SSSR count). The maximum absolute atomic E-state index is 12.5. The van der Waals surface area contributed by atoms with Crippen LogP contribution in [0.3, 0.4) is 0 Å². The molecule has 0 atom stereocenters. The van der Waals surface area contributed by atoms with Gasteiger partial charge in [0.1, 0.15) is 5.82 Å². The molecule has 8 heteroatoms. The molecule has 1 aromatic rings. The number of unbranched alkanes of at least 4 members (excludes halogenated alkanes) is 3. The van der Waals surface area contributed by atoms with Gasteiger partial charge >= 0.3 is 5.69 Å². The summed E-state index contributed by atoms with van der Waals surface area (Å²) in [5.41, 5.74) is 5.57. The Morgan fingerprint density at radius 1 is 1.28 bits per heavy atom. The van der Waals surface area contributed by atoms with Crippen LogP contribution >= 0.6 is 12.2 Å². The number of H-pyrrole nitrogens is 1. The van der Waals surface area contributed by atoms with E-state index < -0.39 is 11.2 Å². The number of hydrogen-bond acceptors (Lipinski definition) is 4. The lowest BCUT2D eigenvalue weighted by Crippen LogP contribution is -2.46. The summed E-state index contributed by atoms with van der Waals surface area (Å²) in [5.74, 6) is 0.193. The second kappa shape index (κ2) is 9.03. The molecule has 0 bridgehead atoms. The number of rotatable bonds is 9. The number of aromatic amines is 1. The number of anilines is 2. The topological polar surface area (TPSA) is 96.2 Å². The van der Waals surface area contributed by atoms with E-state index in [9.17, 15) is 9.59 Å². The molecule has 4 N–H and O–H groups in total. The summed E-state index contributed by atoms with van der Waals surface area (Å²) in [6, 6.07) is 0.382. The number of nitrogens with two attached hydrogens (primary N) is 1. The molecular weight excluding hydrogens is 338 g/mol. The zero-order chi connectivity index (χ0) is 18.4. The van der Waals surface area contributed by atoms with Gasteiger partial charge in [0.25, 0.3) is 5.56 Å². The molecule has 0 saturated heterocycles. The van der Waals surface area contributed by atoms with Crippen LogP contribution in [-0.2, 0) is 6.54 Å². The minimum atomic E-state index is -0.480. The van der Waals surface area contributed by atoms with Crippen molar-refractivity contribution in [2.24, 2.45) is 0 Å². The average Bonchev–Trinajstić information content (AvgIpc) is 3.37. The van der Waals surface area contributed by atoms with Gasteiger partial charge in [-0.25, -0.2) is 4.79 Å². The molecule has 1 saturated carbocycles. The maximum atomic E-state index is 12.5. The van der Waals surface area contributed by atoms with Gasteiger partial charge in [-0.2, -0.15) is 0 Å². The van der Waals surface area contributed by atoms with E-state index in [1.165, 1.54) is 4.57 Å². The highest BCUT2D eigenvalue weighted by molar-refractivity contribution is 7.80. The fourth-order valence-electron chi connectivity index (χ4n) is 2.69. The Labute approximate surface area is 153 Å². The second-order valence-electron chi connectivity index (χ2n) is 6.58. The van der Waals surface area contributed by atoms with Crippen molar-refractivity contribution in [2.45, 2.75) is 71.4 Å². The standard InChI is InChI=1S/C17H29N5O2S/c1-3-5-7-11-21(17(25)19-12-8-9-12)13-14(18)22(10-6-4-2)16(24)20-15(13)23/h12H,3-11,18H2,1-2H3,(H,19,25)(H,20,23,24). The lowest BCUT2D eigenvalue weighted by Gasteiger charge is -2.27. The van der Waals surface area contributed by atoms with E-state index in [1.807, 2.05) is 6.92 Å². The van der Waals surface area contributed by atoms with Gasteiger partial charge in [0.2, 0.25) is 0 Å². The summed E-state index contributed by atoms with van der Waals surface area (Å²) in [5, 5.41) is 3.78. The number of hydrogen-bond donors (Lipinski definition) is 3. The van der Waals surface area contributed by atoms with Gasteiger partial charge in [0.05, 0.1) is 0 Å². The molecule has 0 aromatic carbocycles. The van der Waals surface area contributed by atoms with Crippen LogP contribution in [0.4, 0.5) is 11.5 Å². The molecule has 0 radical (unpaired) electrons. The molecule has 0 spiro atoms. The molecule has 1 aliphatic rings. The summed E-state index contributed by atoms with van der Waals surface area (Å²) in [4.78, 5) is 28.8. The lowest BCUT2D eigenvalue weighted by atomic mass is 10.2. The molecule has 7 nitrogen and oxygen atoms in total. The monoisotopic (exact) mass is 367 g/mol. The summed E-state index contributed by atoms with van der Waals surface area (Å²) < 4.78 is 1.44. The van der Waals surface area contributed by atoms with Crippen molar-refractivity contribution in [2.75, 3.05) is 17.2 Å². The quantitative estimate of drug-likeness (QED) is 0.456. The maximum Gasteiger partial charge on any atom is 0.330 e. The average molecular weight is 368 g/mol. The Morgan fingerprint density at radius 3 is 2.56 bits per heavy atom. The van der Waals surface area contributed by atoms with Crippen molar-refractivity contribution in [3.05, 3.63) is 20.8 Å². The van der Waals surface area contributed by atoms with E-state index in [-0.39, 0.29) is 11.5 Å². The van der Waals surface area contributed by atoms with Gasteiger partial charge in [-0.15, -0.1) is 0 Å². The van der Waals surface area contributed by atoms with Crippen LogP contribution < -0.4 is 27.2 Å². The van der Waals surface area contributed by atoms with Crippen LogP contribution in [0.2, 0.25) is 0 Å². The van der Waals surface area contributed by atoms with Crippen LogP contribution in [0, 0.1) is 0 Å². The zero-order valence-corrected chi connectivity index (χ0v) is 16.0. The summed E-state index contributed by atoms with van der Waals surface area (Å²) in [6.45, 7) is 5.25. The van der Waals surface area contributed by atoms with E-state index in [4.69, 9.17) is 18.0 Å². The van der Waals surface area contributed by atoms with Gasteiger partial charge < -0.3 is 16.0 Å². The normalized spacial score (nSPS) is 13.7. The van der Waals surface area contributed by atoms with Gasteiger partial charge in [0, 0.05) is 19.1 Å². The van der Waals surface area contributed by atoms with Crippen molar-refractivity contribution >= 4 is 28.8 Å². The van der Waals surface area contributed by atoms with Crippen molar-refractivity contribution < 1.29 is 0 Å². The molecule has 1 heterocycles. The van der Waals surface area contributed by atoms with E-state index in [0.717, 1.165) is 44.9 Å². The number of nitrogens with zero attached hydrogens (tertiary/aromatic N) is 2. The number of aromatic nitrogens is 2. The minimum absolute atomic E-state index is 0.193. The largest absolute Gasteiger partial charge is 0.383 e. The Kier molecular flexibility index (Phi) is 7.04. The third kappa shape index (κ3) is 5.07. The number of nitrogen functional groups attached to an aromatic ring is 1. The summed E-state index contributed by atoms with van der Waals surface area (Å²) >= 11 is 5.53. The molecule has 1 aliphatic carbocycles. The lowest BCUT2D eigenvalue weighted by molar-refractivity contribution is 0.603. The minimum Gasteiger partial charge on any atom is -0.383 e. The Hall–Kier alpha value is -1.83. The molecule has 25 heavy (non-hydrogen) atoms. The fraction of sp³-hybridized carbons (Fsp3) is 0.706. The van der Waals surface area contributed by atoms with Gasteiger partial charge in [-0.1, -0.05) is 33.1 Å².